The molecule has 2 aliphatic rings. The van der Waals surface area contributed by atoms with Gasteiger partial charge in [0.2, 0.25) is 0 Å². The fourth-order valence-corrected chi connectivity index (χ4v) is 1.70. The van der Waals surface area contributed by atoms with E-state index in [0.717, 1.165) is 5.70 Å². The first-order chi connectivity index (χ1) is 7.09. The van der Waals surface area contributed by atoms with E-state index in [-0.39, 0.29) is 18.0 Å². The maximum atomic E-state index is 13.1. The summed E-state index contributed by atoms with van der Waals surface area (Å²) < 4.78 is 13.1. The van der Waals surface area contributed by atoms with Crippen LogP contribution in [-0.2, 0) is 4.79 Å². The van der Waals surface area contributed by atoms with Crippen LogP contribution in [-0.4, -0.2) is 16.9 Å². The molecule has 0 fully saturated rings. The van der Waals surface area contributed by atoms with Gasteiger partial charge in [0.1, 0.15) is 11.5 Å². The highest BCUT2D eigenvalue weighted by Gasteiger charge is 2.24. The van der Waals surface area contributed by atoms with Crippen LogP contribution in [0.4, 0.5) is 4.39 Å². The molecule has 0 amide bonds. The number of Topliss-reactive ketones (excluding diaryl/α,β-unsaturated/α-hetero) is 1. The number of rotatable bonds is 1. The second-order valence-corrected chi connectivity index (χ2v) is 3.53. The Morgan fingerprint density at radius 1 is 1.60 bits per heavy atom. The molecule has 2 aliphatic heterocycles. The Hall–Kier alpha value is -1.71. The first kappa shape index (κ1) is 9.83. The number of aliphatic imine (C=N–C) groups is 1. The third-order valence-electron chi connectivity index (χ3n) is 2.36. The Bertz CT molecular complexity index is 444. The van der Waals surface area contributed by atoms with Crippen LogP contribution >= 0.6 is 0 Å². The van der Waals surface area contributed by atoms with E-state index in [1.54, 1.807) is 24.1 Å². The number of nitrogens with zero attached hydrogens (tertiary/aromatic N) is 2. The van der Waals surface area contributed by atoms with E-state index in [9.17, 15) is 9.18 Å². The molecule has 0 aromatic carbocycles. The summed E-state index contributed by atoms with van der Waals surface area (Å²) in [6.07, 6.45) is 4.97. The van der Waals surface area contributed by atoms with Crippen LogP contribution in [0.1, 0.15) is 20.3 Å². The SMILES string of the molecule is CC(=O)C1=C(C)N=CC2=CCC(F)=CN21. The highest BCUT2D eigenvalue weighted by molar-refractivity contribution is 5.97. The minimum atomic E-state index is -0.249. The standard InChI is InChI=1S/C11H11FN2O/c1-7-11(8(2)15)14-6-9(12)3-4-10(14)5-13-7/h4-6H,3H2,1-2H3. The Kier molecular flexibility index (Phi) is 2.26. The van der Waals surface area contributed by atoms with E-state index in [0.29, 0.717) is 11.4 Å². The van der Waals surface area contributed by atoms with Crippen molar-refractivity contribution in [2.45, 2.75) is 20.3 Å². The van der Waals surface area contributed by atoms with E-state index in [1.165, 1.54) is 13.1 Å². The monoisotopic (exact) mass is 206 g/mol. The lowest BCUT2D eigenvalue weighted by Gasteiger charge is -2.29. The van der Waals surface area contributed by atoms with Gasteiger partial charge in [0.25, 0.3) is 0 Å². The summed E-state index contributed by atoms with van der Waals surface area (Å²) >= 11 is 0. The zero-order valence-electron chi connectivity index (χ0n) is 8.62. The summed E-state index contributed by atoms with van der Waals surface area (Å²) in [6, 6.07) is 0. The summed E-state index contributed by atoms with van der Waals surface area (Å²) in [5.41, 5.74) is 1.82. The van der Waals surface area contributed by atoms with Crippen molar-refractivity contribution in [3.05, 3.63) is 35.2 Å². The molecule has 0 aliphatic carbocycles. The van der Waals surface area contributed by atoms with Gasteiger partial charge in [-0.15, -0.1) is 0 Å². The van der Waals surface area contributed by atoms with Gasteiger partial charge in [-0.2, -0.15) is 0 Å². The number of carbonyl (C=O) groups is 1. The Morgan fingerprint density at radius 3 is 3.00 bits per heavy atom. The number of carbonyl (C=O) groups excluding carboxylic acids is 1. The lowest BCUT2D eigenvalue weighted by atomic mass is 10.1. The first-order valence-corrected chi connectivity index (χ1v) is 4.71. The smallest absolute Gasteiger partial charge is 0.178 e. The molecule has 4 heteroatoms. The minimum absolute atomic E-state index is 0.110. The van der Waals surface area contributed by atoms with Crippen LogP contribution in [0.5, 0.6) is 0 Å². The maximum absolute atomic E-state index is 13.1. The van der Waals surface area contributed by atoms with Crippen LogP contribution in [0.3, 0.4) is 0 Å². The van der Waals surface area contributed by atoms with E-state index >= 15 is 0 Å². The van der Waals surface area contributed by atoms with Crippen LogP contribution in [0.2, 0.25) is 0 Å². The molecule has 0 saturated heterocycles. The largest absolute Gasteiger partial charge is 0.309 e. The molecule has 15 heavy (non-hydrogen) atoms. The second-order valence-electron chi connectivity index (χ2n) is 3.53. The summed E-state index contributed by atoms with van der Waals surface area (Å²) in [7, 11) is 0. The normalized spacial score (nSPS) is 19.8. The lowest BCUT2D eigenvalue weighted by molar-refractivity contribution is -0.114. The van der Waals surface area contributed by atoms with Gasteiger partial charge in [-0.05, 0) is 6.92 Å². The predicted octanol–water partition coefficient (Wildman–Crippen LogP) is 2.29. The van der Waals surface area contributed by atoms with Crippen LogP contribution in [0, 0.1) is 0 Å². The van der Waals surface area contributed by atoms with Gasteiger partial charge in [-0.25, -0.2) is 4.39 Å². The van der Waals surface area contributed by atoms with Crippen molar-refractivity contribution in [2.24, 2.45) is 4.99 Å². The van der Waals surface area contributed by atoms with Crippen molar-refractivity contribution in [1.82, 2.24) is 4.90 Å². The fourth-order valence-electron chi connectivity index (χ4n) is 1.70. The van der Waals surface area contributed by atoms with Crippen LogP contribution in [0.15, 0.2) is 40.2 Å². The number of hydrogen-bond donors (Lipinski definition) is 0. The second kappa shape index (κ2) is 3.46. The van der Waals surface area contributed by atoms with Crippen molar-refractivity contribution in [1.29, 1.82) is 0 Å². The zero-order chi connectivity index (χ0) is 11.0. The molecule has 3 nitrogen and oxygen atoms in total. The molecule has 78 valence electrons. The summed E-state index contributed by atoms with van der Waals surface area (Å²) in [4.78, 5) is 17.1. The molecule has 0 atom stereocenters. The van der Waals surface area contributed by atoms with Crippen molar-refractivity contribution >= 4 is 12.0 Å². The topological polar surface area (TPSA) is 32.7 Å². The van der Waals surface area contributed by atoms with Crippen molar-refractivity contribution < 1.29 is 9.18 Å². The zero-order valence-corrected chi connectivity index (χ0v) is 8.62. The average molecular weight is 206 g/mol. The molecule has 0 aromatic rings. The third-order valence-corrected chi connectivity index (χ3v) is 2.36. The number of halogens is 1. The quantitative estimate of drug-likeness (QED) is 0.659. The molecule has 0 aromatic heterocycles. The van der Waals surface area contributed by atoms with Crippen LogP contribution < -0.4 is 0 Å². The molecule has 0 bridgehead atoms. The van der Waals surface area contributed by atoms with Gasteiger partial charge in [0.15, 0.2) is 5.78 Å². The Morgan fingerprint density at radius 2 is 2.33 bits per heavy atom. The molecule has 0 N–H and O–H groups in total. The molecule has 0 spiro atoms. The van der Waals surface area contributed by atoms with Gasteiger partial charge in [0, 0.05) is 19.5 Å². The van der Waals surface area contributed by atoms with Crippen LogP contribution in [0.25, 0.3) is 0 Å². The molecule has 2 rings (SSSR count). The number of hydrogen-bond acceptors (Lipinski definition) is 3. The van der Waals surface area contributed by atoms with Crippen molar-refractivity contribution in [3.8, 4) is 0 Å². The summed E-state index contributed by atoms with van der Waals surface area (Å²) in [5, 5.41) is 0. The number of fused-ring (bicyclic) bond motifs is 1. The molecule has 0 radical (unpaired) electrons. The van der Waals surface area contributed by atoms with Gasteiger partial charge >= 0.3 is 0 Å². The van der Waals surface area contributed by atoms with E-state index < -0.39 is 0 Å². The van der Waals surface area contributed by atoms with Crippen molar-refractivity contribution in [2.75, 3.05) is 0 Å². The molecular weight excluding hydrogens is 195 g/mol. The number of allylic oxidation sites excluding steroid dienone is 5. The van der Waals surface area contributed by atoms with Gasteiger partial charge in [-0.3, -0.25) is 9.79 Å². The first-order valence-electron chi connectivity index (χ1n) is 4.71. The maximum Gasteiger partial charge on any atom is 0.178 e. The molecule has 0 saturated carbocycles. The fraction of sp³-hybridized carbons (Fsp3) is 0.273. The summed E-state index contributed by atoms with van der Waals surface area (Å²) in [5.74, 6) is -0.359. The summed E-state index contributed by atoms with van der Waals surface area (Å²) in [6.45, 7) is 3.20. The number of ketones is 1. The average Bonchev–Trinajstić information content (AvgIpc) is 2.16. The van der Waals surface area contributed by atoms with Gasteiger partial charge < -0.3 is 4.90 Å². The highest BCUT2D eigenvalue weighted by atomic mass is 19.1. The third kappa shape index (κ3) is 1.63. The molecule has 0 unspecified atom stereocenters. The molecular formula is C11H11FN2O. The van der Waals surface area contributed by atoms with E-state index in [2.05, 4.69) is 4.99 Å². The van der Waals surface area contributed by atoms with Gasteiger partial charge in [0.05, 0.1) is 17.6 Å². The Balaban J connectivity index is 2.50. The Labute approximate surface area is 87.3 Å². The molecule has 2 heterocycles. The van der Waals surface area contributed by atoms with Gasteiger partial charge in [-0.1, -0.05) is 6.08 Å². The highest BCUT2D eigenvalue weighted by Crippen LogP contribution is 2.28. The van der Waals surface area contributed by atoms with E-state index in [4.69, 9.17) is 0 Å². The minimum Gasteiger partial charge on any atom is -0.309 e. The van der Waals surface area contributed by atoms with Crippen molar-refractivity contribution in [3.63, 3.8) is 0 Å². The predicted molar refractivity (Wildman–Crippen MR) is 55.6 cm³/mol. The van der Waals surface area contributed by atoms with E-state index in [1.807, 2.05) is 0 Å². The lowest BCUT2D eigenvalue weighted by Crippen LogP contribution is -2.27.